The molecule has 3 rings (SSSR count). The Bertz CT molecular complexity index is 1020. The first-order valence-corrected chi connectivity index (χ1v) is 9.38. The van der Waals surface area contributed by atoms with Gasteiger partial charge in [0.1, 0.15) is 17.4 Å². The zero-order valence-corrected chi connectivity index (χ0v) is 16.5. The number of nitrogens with zero attached hydrogens (tertiary/aromatic N) is 2. The van der Waals surface area contributed by atoms with Gasteiger partial charge >= 0.3 is 5.97 Å². The number of amides is 1. The van der Waals surface area contributed by atoms with Crippen molar-refractivity contribution in [3.05, 3.63) is 65.2 Å². The maximum absolute atomic E-state index is 12.3. The van der Waals surface area contributed by atoms with Crippen molar-refractivity contribution in [3.8, 4) is 11.8 Å². The molecule has 30 heavy (non-hydrogen) atoms. The molecule has 1 aliphatic heterocycles. The lowest BCUT2D eigenvalue weighted by Crippen LogP contribution is -2.23. The van der Waals surface area contributed by atoms with Crippen molar-refractivity contribution in [2.24, 2.45) is 0 Å². The molecule has 1 aliphatic rings. The van der Waals surface area contributed by atoms with Gasteiger partial charge in [0.25, 0.3) is 0 Å². The van der Waals surface area contributed by atoms with Gasteiger partial charge in [-0.15, -0.1) is 0 Å². The molecule has 1 amide bonds. The van der Waals surface area contributed by atoms with Gasteiger partial charge in [0.15, 0.2) is 12.4 Å². The first kappa shape index (κ1) is 20.8. The molecule has 0 atom stereocenters. The van der Waals surface area contributed by atoms with Crippen molar-refractivity contribution in [3.63, 3.8) is 0 Å². The SMILES string of the molecule is COc1ccc(/C=C(\C#N)C(=O)OCC(=O)c2ccc(N3CCCC3=O)cc2)cc1. The number of rotatable bonds is 7. The number of esters is 1. The molecule has 2 aromatic rings. The lowest BCUT2D eigenvalue weighted by molar-refractivity contribution is -0.137. The number of nitriles is 1. The average Bonchev–Trinajstić information content (AvgIpc) is 3.21. The summed E-state index contributed by atoms with van der Waals surface area (Å²) < 4.78 is 10.1. The number of carbonyl (C=O) groups is 3. The highest BCUT2D eigenvalue weighted by molar-refractivity contribution is 6.02. The second-order valence-corrected chi connectivity index (χ2v) is 6.64. The van der Waals surface area contributed by atoms with E-state index in [-0.39, 0.29) is 11.5 Å². The monoisotopic (exact) mass is 404 g/mol. The molecule has 0 spiro atoms. The van der Waals surface area contributed by atoms with Gasteiger partial charge in [-0.3, -0.25) is 9.59 Å². The minimum atomic E-state index is -0.874. The van der Waals surface area contributed by atoms with Crippen LogP contribution in [-0.2, 0) is 14.3 Å². The maximum Gasteiger partial charge on any atom is 0.349 e. The third-order valence-electron chi connectivity index (χ3n) is 4.68. The minimum absolute atomic E-state index is 0.0655. The molecule has 7 nitrogen and oxygen atoms in total. The van der Waals surface area contributed by atoms with Gasteiger partial charge in [-0.05, 0) is 54.5 Å². The maximum atomic E-state index is 12.3. The van der Waals surface area contributed by atoms with Crippen LogP contribution >= 0.6 is 0 Å². The quantitative estimate of drug-likeness (QED) is 0.304. The molecule has 1 saturated heterocycles. The number of benzene rings is 2. The van der Waals surface area contributed by atoms with Crippen molar-refractivity contribution in [2.45, 2.75) is 12.8 Å². The Hall–Kier alpha value is -3.92. The largest absolute Gasteiger partial charge is 0.497 e. The predicted molar refractivity (Wildman–Crippen MR) is 110 cm³/mol. The molecular weight excluding hydrogens is 384 g/mol. The van der Waals surface area contributed by atoms with Crippen LogP contribution in [0.1, 0.15) is 28.8 Å². The third-order valence-corrected chi connectivity index (χ3v) is 4.68. The van der Waals surface area contributed by atoms with Gasteiger partial charge < -0.3 is 14.4 Å². The topological polar surface area (TPSA) is 96.7 Å². The second kappa shape index (κ2) is 9.52. The van der Waals surface area contributed by atoms with Crippen LogP contribution in [0.2, 0.25) is 0 Å². The highest BCUT2D eigenvalue weighted by Crippen LogP contribution is 2.22. The average molecular weight is 404 g/mol. The molecule has 7 heteroatoms. The van der Waals surface area contributed by atoms with Crippen LogP contribution < -0.4 is 9.64 Å². The van der Waals surface area contributed by atoms with Crippen LogP contribution in [0.5, 0.6) is 5.75 Å². The van der Waals surface area contributed by atoms with E-state index in [1.807, 2.05) is 0 Å². The summed E-state index contributed by atoms with van der Waals surface area (Å²) in [4.78, 5) is 37.9. The Balaban J connectivity index is 1.60. The molecule has 1 heterocycles. The molecule has 0 aliphatic carbocycles. The van der Waals surface area contributed by atoms with Crippen LogP contribution in [0.25, 0.3) is 6.08 Å². The van der Waals surface area contributed by atoms with E-state index in [0.717, 1.165) is 12.1 Å². The Morgan fingerprint density at radius 3 is 2.40 bits per heavy atom. The smallest absolute Gasteiger partial charge is 0.349 e. The fourth-order valence-corrected chi connectivity index (χ4v) is 3.04. The molecule has 0 radical (unpaired) electrons. The van der Waals surface area contributed by atoms with E-state index in [0.29, 0.717) is 29.8 Å². The van der Waals surface area contributed by atoms with E-state index < -0.39 is 18.4 Å². The zero-order chi connectivity index (χ0) is 21.5. The Kier molecular flexibility index (Phi) is 6.60. The second-order valence-electron chi connectivity index (χ2n) is 6.64. The van der Waals surface area contributed by atoms with Gasteiger partial charge in [0.05, 0.1) is 7.11 Å². The van der Waals surface area contributed by atoms with E-state index in [9.17, 15) is 19.6 Å². The molecule has 0 unspecified atom stereocenters. The van der Waals surface area contributed by atoms with Crippen molar-refractivity contribution >= 4 is 29.4 Å². The Labute approximate surface area is 174 Å². The van der Waals surface area contributed by atoms with Crippen LogP contribution in [0.3, 0.4) is 0 Å². The number of hydrogen-bond donors (Lipinski definition) is 0. The molecule has 1 fully saturated rings. The molecule has 0 N–H and O–H groups in total. The number of hydrogen-bond acceptors (Lipinski definition) is 6. The number of Topliss-reactive ketones (excluding diaryl/α,β-unsaturated/α-hetero) is 1. The van der Waals surface area contributed by atoms with Gasteiger partial charge in [-0.2, -0.15) is 5.26 Å². The minimum Gasteiger partial charge on any atom is -0.497 e. The van der Waals surface area contributed by atoms with Crippen molar-refractivity contribution in [1.29, 1.82) is 5.26 Å². The van der Waals surface area contributed by atoms with E-state index in [1.54, 1.807) is 66.6 Å². The van der Waals surface area contributed by atoms with Crippen molar-refractivity contribution < 1.29 is 23.9 Å². The zero-order valence-electron chi connectivity index (χ0n) is 16.5. The van der Waals surface area contributed by atoms with E-state index in [1.165, 1.54) is 6.08 Å². The lowest BCUT2D eigenvalue weighted by atomic mass is 10.1. The van der Waals surface area contributed by atoms with Crippen molar-refractivity contribution in [2.75, 3.05) is 25.2 Å². The van der Waals surface area contributed by atoms with Gasteiger partial charge in [-0.1, -0.05) is 12.1 Å². The molecule has 2 aromatic carbocycles. The summed E-state index contributed by atoms with van der Waals surface area (Å²) in [5, 5.41) is 9.24. The van der Waals surface area contributed by atoms with E-state index in [4.69, 9.17) is 9.47 Å². The summed E-state index contributed by atoms with van der Waals surface area (Å²) >= 11 is 0. The summed E-state index contributed by atoms with van der Waals surface area (Å²) in [5.41, 5.74) is 1.51. The summed E-state index contributed by atoms with van der Waals surface area (Å²) in [6.07, 6.45) is 2.73. The van der Waals surface area contributed by atoms with Gasteiger partial charge in [-0.25, -0.2) is 4.79 Å². The first-order chi connectivity index (χ1) is 14.5. The van der Waals surface area contributed by atoms with Gasteiger partial charge in [0, 0.05) is 24.2 Å². The molecule has 0 saturated carbocycles. The van der Waals surface area contributed by atoms with Crippen LogP contribution in [0.4, 0.5) is 5.69 Å². The fourth-order valence-electron chi connectivity index (χ4n) is 3.04. The highest BCUT2D eigenvalue weighted by atomic mass is 16.5. The predicted octanol–water partition coefficient (Wildman–Crippen LogP) is 3.16. The number of ether oxygens (including phenoxy) is 2. The number of anilines is 1. The highest BCUT2D eigenvalue weighted by Gasteiger charge is 2.22. The molecule has 0 bridgehead atoms. The van der Waals surface area contributed by atoms with Crippen LogP contribution in [0, 0.1) is 11.3 Å². The number of ketones is 1. The summed E-state index contributed by atoms with van der Waals surface area (Å²) in [7, 11) is 1.54. The van der Waals surface area contributed by atoms with Gasteiger partial charge in [0.2, 0.25) is 5.91 Å². The van der Waals surface area contributed by atoms with E-state index >= 15 is 0 Å². The van der Waals surface area contributed by atoms with Crippen molar-refractivity contribution in [1.82, 2.24) is 0 Å². The molecule has 0 aromatic heterocycles. The fraction of sp³-hybridized carbons (Fsp3) is 0.217. The lowest BCUT2D eigenvalue weighted by Gasteiger charge is -2.15. The Morgan fingerprint density at radius 1 is 1.13 bits per heavy atom. The number of carbonyl (C=O) groups excluding carboxylic acids is 3. The van der Waals surface area contributed by atoms with Crippen LogP contribution in [0.15, 0.2) is 54.1 Å². The number of methoxy groups -OCH3 is 1. The standard InChI is InChI=1S/C23H20N2O5/c1-29-20-10-4-16(5-11-20)13-18(14-24)23(28)30-15-21(26)17-6-8-19(9-7-17)25-12-2-3-22(25)27/h4-11,13H,2-3,12,15H2,1H3/b18-13+. The molecule has 152 valence electrons. The Morgan fingerprint density at radius 2 is 1.83 bits per heavy atom. The van der Waals surface area contributed by atoms with Crippen LogP contribution in [-0.4, -0.2) is 37.9 Å². The molecular formula is C23H20N2O5. The van der Waals surface area contributed by atoms with E-state index in [2.05, 4.69) is 0 Å². The summed E-state index contributed by atoms with van der Waals surface area (Å²) in [5.74, 6) is -0.556. The third kappa shape index (κ3) is 4.92. The normalized spacial score (nSPS) is 13.7. The summed E-state index contributed by atoms with van der Waals surface area (Å²) in [6.45, 7) is 0.184. The first-order valence-electron chi connectivity index (χ1n) is 9.38. The summed E-state index contributed by atoms with van der Waals surface area (Å²) in [6, 6.07) is 15.2.